The van der Waals surface area contributed by atoms with Crippen LogP contribution in [0.4, 0.5) is 0 Å². The van der Waals surface area contributed by atoms with Crippen LogP contribution in [0.25, 0.3) is 10.2 Å². The van der Waals surface area contributed by atoms with E-state index in [4.69, 9.17) is 14.2 Å². The number of aromatic nitrogens is 1. The average molecular weight is 521 g/mol. The molecule has 9 heteroatoms. The molecule has 1 atom stereocenters. The highest BCUT2D eigenvalue weighted by Crippen LogP contribution is 2.29. The normalized spacial score (nSPS) is 12.2. The summed E-state index contributed by atoms with van der Waals surface area (Å²) in [5.41, 5.74) is 1.22. The van der Waals surface area contributed by atoms with E-state index in [0.717, 1.165) is 32.7 Å². The maximum Gasteiger partial charge on any atom is 0.349 e. The summed E-state index contributed by atoms with van der Waals surface area (Å²) in [6, 6.07) is 21.2. The molecule has 0 fully saturated rings. The van der Waals surface area contributed by atoms with Crippen molar-refractivity contribution in [1.29, 1.82) is 0 Å². The van der Waals surface area contributed by atoms with Crippen molar-refractivity contribution in [2.75, 3.05) is 13.2 Å². The van der Waals surface area contributed by atoms with Gasteiger partial charge in [-0.05, 0) is 68.3 Å². The molecule has 0 spiro atoms. The fraction of sp³-hybridized carbons (Fsp3) is 0.286. The molecule has 8 nitrogen and oxygen atoms in total. The van der Waals surface area contributed by atoms with Gasteiger partial charge in [-0.25, -0.2) is 4.79 Å². The number of esters is 1. The number of rotatable bonds is 11. The van der Waals surface area contributed by atoms with E-state index in [1.54, 1.807) is 49.6 Å². The fourth-order valence-corrected chi connectivity index (χ4v) is 4.88. The van der Waals surface area contributed by atoms with Gasteiger partial charge in [0.15, 0.2) is 5.60 Å². The number of nitrogens with zero attached hydrogens (tertiary/aromatic N) is 2. The van der Waals surface area contributed by atoms with Gasteiger partial charge in [0.1, 0.15) is 24.1 Å². The molecule has 1 aromatic heterocycles. The number of hydrogen-bond acceptors (Lipinski definition) is 8. The Morgan fingerprint density at radius 3 is 2.38 bits per heavy atom. The van der Waals surface area contributed by atoms with Crippen molar-refractivity contribution in [2.45, 2.75) is 39.0 Å². The van der Waals surface area contributed by atoms with Gasteiger partial charge < -0.3 is 14.2 Å². The van der Waals surface area contributed by atoms with E-state index in [0.29, 0.717) is 18.0 Å². The molecule has 0 bridgehead atoms. The zero-order valence-corrected chi connectivity index (χ0v) is 21.7. The lowest BCUT2D eigenvalue weighted by Gasteiger charge is -2.24. The number of carbonyl (C=O) groups excluding carboxylic acids is 1. The Hall–Kier alpha value is -3.98. The lowest BCUT2D eigenvalue weighted by molar-refractivity contribution is -0.158. The van der Waals surface area contributed by atoms with Crippen LogP contribution in [0.3, 0.4) is 0 Å². The number of carbonyl (C=O) groups is 1. The van der Waals surface area contributed by atoms with Crippen molar-refractivity contribution in [3.05, 3.63) is 98.5 Å². The van der Waals surface area contributed by atoms with Gasteiger partial charge >= 0.3 is 10.8 Å². The second-order valence-electron chi connectivity index (χ2n) is 8.82. The molecule has 0 saturated carbocycles. The van der Waals surface area contributed by atoms with Crippen LogP contribution >= 0.6 is 11.3 Å². The number of benzene rings is 3. The summed E-state index contributed by atoms with van der Waals surface area (Å²) >= 11 is 1.13. The highest BCUT2D eigenvalue weighted by molar-refractivity contribution is 7.16. The van der Waals surface area contributed by atoms with Crippen molar-refractivity contribution in [3.8, 4) is 11.5 Å². The van der Waals surface area contributed by atoms with Crippen LogP contribution in [0, 0.1) is 4.91 Å². The number of fused-ring (bicyclic) bond motifs is 1. The predicted molar refractivity (Wildman–Crippen MR) is 143 cm³/mol. The van der Waals surface area contributed by atoms with Crippen LogP contribution in [-0.4, -0.2) is 29.4 Å². The Morgan fingerprint density at radius 2 is 1.70 bits per heavy atom. The van der Waals surface area contributed by atoms with E-state index in [1.807, 2.05) is 48.5 Å². The molecule has 192 valence electrons. The monoisotopic (exact) mass is 520 g/mol. The van der Waals surface area contributed by atoms with E-state index in [9.17, 15) is 14.5 Å². The van der Waals surface area contributed by atoms with Crippen molar-refractivity contribution in [1.82, 2.24) is 4.57 Å². The lowest BCUT2D eigenvalue weighted by Crippen LogP contribution is -2.39. The standard InChI is InChI=1S/C28H28N2O6S/c1-4-34-26(31)28(2,3)36-22-13-11-21(12-14-22)35-17-16-30-23-15-10-20(18-24(23)37-27(30)32)25(29-33)19-8-6-5-7-9-19/h5-15,18,25H,4,16-17H2,1-3H3. The van der Waals surface area contributed by atoms with E-state index < -0.39 is 17.6 Å². The summed E-state index contributed by atoms with van der Waals surface area (Å²) in [4.78, 5) is 36.2. The lowest BCUT2D eigenvalue weighted by atomic mass is 9.99. The molecule has 0 amide bonds. The van der Waals surface area contributed by atoms with Gasteiger partial charge in [-0.15, -0.1) is 4.91 Å². The summed E-state index contributed by atoms with van der Waals surface area (Å²) in [5.74, 6) is 0.688. The molecule has 4 rings (SSSR count). The highest BCUT2D eigenvalue weighted by atomic mass is 32.1. The van der Waals surface area contributed by atoms with E-state index in [2.05, 4.69) is 5.18 Å². The summed E-state index contributed by atoms with van der Waals surface area (Å²) in [5, 5.41) is 3.31. The summed E-state index contributed by atoms with van der Waals surface area (Å²) < 4.78 is 19.1. The van der Waals surface area contributed by atoms with Gasteiger partial charge in [-0.2, -0.15) is 0 Å². The molecule has 0 N–H and O–H groups in total. The quantitative estimate of drug-likeness (QED) is 0.185. The number of hydrogen-bond donors (Lipinski definition) is 0. The first-order chi connectivity index (χ1) is 17.8. The summed E-state index contributed by atoms with van der Waals surface area (Å²) in [7, 11) is 0. The van der Waals surface area contributed by atoms with Gasteiger partial charge in [-0.1, -0.05) is 52.9 Å². The van der Waals surface area contributed by atoms with E-state index in [1.165, 1.54) is 0 Å². The fourth-order valence-electron chi connectivity index (χ4n) is 3.91. The maximum absolute atomic E-state index is 12.7. The second kappa shape index (κ2) is 11.4. The molecule has 3 aromatic carbocycles. The highest BCUT2D eigenvalue weighted by Gasteiger charge is 2.31. The first-order valence-corrected chi connectivity index (χ1v) is 12.7. The molecule has 0 aliphatic heterocycles. The van der Waals surface area contributed by atoms with Crippen LogP contribution in [-0.2, 0) is 16.1 Å². The van der Waals surface area contributed by atoms with Crippen LogP contribution in [0.5, 0.6) is 11.5 Å². The van der Waals surface area contributed by atoms with Gasteiger partial charge in [0.25, 0.3) is 0 Å². The summed E-state index contributed by atoms with van der Waals surface area (Å²) in [6.45, 7) is 5.98. The second-order valence-corrected chi connectivity index (χ2v) is 9.81. The third kappa shape index (κ3) is 6.06. The Labute approximate surface area is 218 Å². The molecule has 37 heavy (non-hydrogen) atoms. The third-order valence-corrected chi connectivity index (χ3v) is 6.72. The van der Waals surface area contributed by atoms with Crippen molar-refractivity contribution < 1.29 is 19.0 Å². The van der Waals surface area contributed by atoms with E-state index >= 15 is 0 Å². The average Bonchev–Trinajstić information content (AvgIpc) is 3.20. The van der Waals surface area contributed by atoms with Gasteiger partial charge in [0.2, 0.25) is 0 Å². The molecule has 0 saturated heterocycles. The van der Waals surface area contributed by atoms with Crippen LogP contribution in [0.15, 0.2) is 82.8 Å². The predicted octanol–water partition coefficient (Wildman–Crippen LogP) is 5.72. The van der Waals surface area contributed by atoms with Gasteiger partial charge in [0, 0.05) is 0 Å². The molecular formula is C28H28N2O6S. The SMILES string of the molecule is CCOC(=O)C(C)(C)Oc1ccc(OCCn2c(=O)sc3cc(C(N=O)c4ccccc4)ccc32)cc1. The smallest absolute Gasteiger partial charge is 0.349 e. The Morgan fingerprint density at radius 1 is 1.00 bits per heavy atom. The Kier molecular flexibility index (Phi) is 8.03. The van der Waals surface area contributed by atoms with Crippen LogP contribution in [0.1, 0.15) is 37.9 Å². The zero-order valence-electron chi connectivity index (χ0n) is 20.9. The van der Waals surface area contributed by atoms with E-state index in [-0.39, 0.29) is 18.1 Å². The maximum atomic E-state index is 12.7. The Bertz CT molecular complexity index is 1430. The van der Waals surface area contributed by atoms with Gasteiger partial charge in [-0.3, -0.25) is 9.36 Å². The first-order valence-electron chi connectivity index (χ1n) is 11.9. The minimum Gasteiger partial charge on any atom is -0.492 e. The van der Waals surface area contributed by atoms with Crippen molar-refractivity contribution in [2.24, 2.45) is 5.18 Å². The Balaban J connectivity index is 1.41. The first kappa shape index (κ1) is 26.1. The number of nitroso groups, excluding NO2 is 1. The molecule has 0 radical (unpaired) electrons. The number of ether oxygens (including phenoxy) is 3. The zero-order chi connectivity index (χ0) is 26.4. The minimum atomic E-state index is -1.11. The molecule has 4 aromatic rings. The number of thiazole rings is 1. The molecule has 1 unspecified atom stereocenters. The molecule has 0 aliphatic carbocycles. The molecule has 1 heterocycles. The van der Waals surface area contributed by atoms with Crippen molar-refractivity contribution >= 4 is 27.5 Å². The molecule has 0 aliphatic rings. The largest absolute Gasteiger partial charge is 0.492 e. The van der Waals surface area contributed by atoms with Gasteiger partial charge in [0.05, 0.1) is 23.4 Å². The third-order valence-electron chi connectivity index (χ3n) is 5.78. The van der Waals surface area contributed by atoms with Crippen LogP contribution < -0.4 is 14.3 Å². The molecular weight excluding hydrogens is 492 g/mol. The van der Waals surface area contributed by atoms with Crippen molar-refractivity contribution in [3.63, 3.8) is 0 Å². The summed E-state index contributed by atoms with van der Waals surface area (Å²) in [6.07, 6.45) is 0. The van der Waals surface area contributed by atoms with Crippen LogP contribution in [0.2, 0.25) is 0 Å². The minimum absolute atomic E-state index is 0.101. The topological polar surface area (TPSA) is 96.2 Å².